The minimum absolute atomic E-state index is 0.0118. The lowest BCUT2D eigenvalue weighted by Crippen LogP contribution is -2.47. The average molecular weight is 391 g/mol. The first-order chi connectivity index (χ1) is 13.0. The van der Waals surface area contributed by atoms with E-state index in [1.165, 1.54) is 6.07 Å². The molecule has 0 saturated carbocycles. The molecule has 0 bridgehead atoms. The molecule has 3 rings (SSSR count). The van der Waals surface area contributed by atoms with Crippen molar-refractivity contribution in [2.75, 3.05) is 26.2 Å². The molecule has 1 amide bonds. The molecule has 1 aliphatic heterocycles. The minimum Gasteiger partial charge on any atom is -0.337 e. The van der Waals surface area contributed by atoms with E-state index in [0.717, 1.165) is 17.8 Å². The molecule has 27 heavy (non-hydrogen) atoms. The Kier molecular flexibility index (Phi) is 6.29. The molecule has 0 spiro atoms. The molecule has 1 aromatic heterocycles. The van der Waals surface area contributed by atoms with E-state index in [0.29, 0.717) is 43.3 Å². The number of benzene rings is 1. The third-order valence-corrected chi connectivity index (χ3v) is 5.33. The van der Waals surface area contributed by atoms with Crippen LogP contribution in [0.3, 0.4) is 0 Å². The lowest BCUT2D eigenvalue weighted by molar-refractivity contribution is -0.127. The Balaban J connectivity index is 1.55. The van der Waals surface area contributed by atoms with Crippen LogP contribution in [-0.4, -0.2) is 51.7 Å². The fourth-order valence-corrected chi connectivity index (χ4v) is 3.47. The Bertz CT molecular complexity index is 820. The number of rotatable bonds is 5. The standard InChI is InChI=1S/C20H24ClFN4O/c1-3-26-15(2)16(13-23-26)7-8-20(27)25-11-9-24(10-12-25)14-17-18(21)5-4-6-19(17)22/h4-8,13H,3,9-12,14H2,1-2H3/b8-7+. The number of aryl methyl sites for hydroxylation is 1. The average Bonchev–Trinajstić information content (AvgIpc) is 3.03. The summed E-state index contributed by atoms with van der Waals surface area (Å²) in [6.45, 7) is 7.90. The number of hydrogen-bond acceptors (Lipinski definition) is 3. The van der Waals surface area contributed by atoms with E-state index in [1.54, 1.807) is 24.4 Å². The van der Waals surface area contributed by atoms with E-state index in [4.69, 9.17) is 11.6 Å². The Morgan fingerprint density at radius 3 is 2.67 bits per heavy atom. The third kappa shape index (κ3) is 4.57. The fraction of sp³-hybridized carbons (Fsp3) is 0.400. The van der Waals surface area contributed by atoms with Gasteiger partial charge in [0.1, 0.15) is 5.82 Å². The maximum atomic E-state index is 13.9. The first kappa shape index (κ1) is 19.6. The largest absolute Gasteiger partial charge is 0.337 e. The van der Waals surface area contributed by atoms with Gasteiger partial charge in [0, 0.05) is 67.2 Å². The summed E-state index contributed by atoms with van der Waals surface area (Å²) >= 11 is 6.11. The summed E-state index contributed by atoms with van der Waals surface area (Å²) in [5.41, 5.74) is 2.52. The van der Waals surface area contributed by atoms with Crippen LogP contribution in [0.15, 0.2) is 30.5 Å². The Hall–Kier alpha value is -2.18. The first-order valence-corrected chi connectivity index (χ1v) is 9.52. The molecule has 144 valence electrons. The van der Waals surface area contributed by atoms with E-state index in [-0.39, 0.29) is 11.7 Å². The molecule has 0 unspecified atom stereocenters. The highest BCUT2D eigenvalue weighted by Crippen LogP contribution is 2.21. The lowest BCUT2D eigenvalue weighted by Gasteiger charge is -2.34. The quantitative estimate of drug-likeness (QED) is 0.735. The van der Waals surface area contributed by atoms with Gasteiger partial charge < -0.3 is 4.90 Å². The van der Waals surface area contributed by atoms with Crippen molar-refractivity contribution in [1.82, 2.24) is 19.6 Å². The predicted octanol–water partition coefficient (Wildman–Crippen LogP) is 3.36. The third-order valence-electron chi connectivity index (χ3n) is 4.97. The van der Waals surface area contributed by atoms with Crippen LogP contribution in [0.4, 0.5) is 4.39 Å². The number of carbonyl (C=O) groups is 1. The van der Waals surface area contributed by atoms with Gasteiger partial charge in [-0.15, -0.1) is 0 Å². The molecule has 0 radical (unpaired) electrons. The predicted molar refractivity (Wildman–Crippen MR) is 105 cm³/mol. The number of nitrogens with zero attached hydrogens (tertiary/aromatic N) is 4. The second-order valence-corrected chi connectivity index (χ2v) is 7.04. The second kappa shape index (κ2) is 8.67. The maximum Gasteiger partial charge on any atom is 0.246 e. The SMILES string of the molecule is CCn1ncc(/C=C/C(=O)N2CCN(Cc3c(F)cccc3Cl)CC2)c1C. The zero-order valence-corrected chi connectivity index (χ0v) is 16.4. The summed E-state index contributed by atoms with van der Waals surface area (Å²) in [6.07, 6.45) is 5.20. The highest BCUT2D eigenvalue weighted by Gasteiger charge is 2.21. The molecular formula is C20H24ClFN4O. The zero-order valence-electron chi connectivity index (χ0n) is 15.7. The number of carbonyl (C=O) groups excluding carboxylic acids is 1. The monoisotopic (exact) mass is 390 g/mol. The summed E-state index contributed by atoms with van der Waals surface area (Å²) < 4.78 is 15.8. The topological polar surface area (TPSA) is 41.4 Å². The first-order valence-electron chi connectivity index (χ1n) is 9.14. The van der Waals surface area contributed by atoms with Crippen molar-refractivity contribution in [1.29, 1.82) is 0 Å². The van der Waals surface area contributed by atoms with Crippen LogP contribution in [0.1, 0.15) is 23.7 Å². The molecule has 0 aliphatic carbocycles. The lowest BCUT2D eigenvalue weighted by atomic mass is 10.1. The number of hydrogen-bond donors (Lipinski definition) is 0. The molecule has 0 atom stereocenters. The summed E-state index contributed by atoms with van der Waals surface area (Å²) in [5.74, 6) is -0.297. The number of piperazine rings is 1. The number of aromatic nitrogens is 2. The molecule has 0 N–H and O–H groups in total. The van der Waals surface area contributed by atoms with Gasteiger partial charge in [0.05, 0.1) is 6.20 Å². The van der Waals surface area contributed by atoms with Crippen LogP contribution < -0.4 is 0 Å². The van der Waals surface area contributed by atoms with Crippen LogP contribution in [0.25, 0.3) is 6.08 Å². The van der Waals surface area contributed by atoms with Gasteiger partial charge in [-0.3, -0.25) is 14.4 Å². The van der Waals surface area contributed by atoms with Gasteiger partial charge in [0.25, 0.3) is 0 Å². The van der Waals surface area contributed by atoms with E-state index in [1.807, 2.05) is 29.5 Å². The van der Waals surface area contributed by atoms with Gasteiger partial charge in [-0.2, -0.15) is 5.10 Å². The fourth-order valence-electron chi connectivity index (χ4n) is 3.24. The van der Waals surface area contributed by atoms with E-state index in [2.05, 4.69) is 10.00 Å². The molecule has 7 heteroatoms. The van der Waals surface area contributed by atoms with Crippen LogP contribution in [0.5, 0.6) is 0 Å². The van der Waals surface area contributed by atoms with Crippen LogP contribution in [0, 0.1) is 12.7 Å². The summed E-state index contributed by atoms with van der Waals surface area (Å²) in [5, 5.41) is 4.73. The molecule has 5 nitrogen and oxygen atoms in total. The van der Waals surface area contributed by atoms with Gasteiger partial charge >= 0.3 is 0 Å². The van der Waals surface area contributed by atoms with Crippen molar-refractivity contribution >= 4 is 23.6 Å². The number of halogens is 2. The highest BCUT2D eigenvalue weighted by atomic mass is 35.5. The summed E-state index contributed by atoms with van der Waals surface area (Å²) in [4.78, 5) is 16.4. The molecule has 1 aromatic carbocycles. The van der Waals surface area contributed by atoms with Crippen molar-refractivity contribution < 1.29 is 9.18 Å². The molecule has 1 saturated heterocycles. The molecule has 1 aliphatic rings. The van der Waals surface area contributed by atoms with Crippen LogP contribution in [-0.2, 0) is 17.9 Å². The summed E-state index contributed by atoms with van der Waals surface area (Å²) in [6, 6.07) is 4.73. The highest BCUT2D eigenvalue weighted by molar-refractivity contribution is 6.31. The molecular weight excluding hydrogens is 367 g/mol. The minimum atomic E-state index is -0.285. The number of amides is 1. The van der Waals surface area contributed by atoms with Crippen molar-refractivity contribution in [2.24, 2.45) is 0 Å². The normalized spacial score (nSPS) is 15.6. The van der Waals surface area contributed by atoms with Crippen LogP contribution in [0.2, 0.25) is 5.02 Å². The van der Waals surface area contributed by atoms with Gasteiger partial charge in [-0.25, -0.2) is 4.39 Å². The van der Waals surface area contributed by atoms with E-state index in [9.17, 15) is 9.18 Å². The molecule has 2 heterocycles. The van der Waals surface area contributed by atoms with E-state index >= 15 is 0 Å². The Labute approximate surface area is 164 Å². The van der Waals surface area contributed by atoms with Gasteiger partial charge in [-0.1, -0.05) is 17.7 Å². The van der Waals surface area contributed by atoms with Crippen molar-refractivity contribution in [3.8, 4) is 0 Å². The Morgan fingerprint density at radius 2 is 2.04 bits per heavy atom. The van der Waals surface area contributed by atoms with Crippen LogP contribution >= 0.6 is 11.6 Å². The van der Waals surface area contributed by atoms with Crippen molar-refractivity contribution in [2.45, 2.75) is 26.9 Å². The zero-order chi connectivity index (χ0) is 19.4. The van der Waals surface area contributed by atoms with Gasteiger partial charge in [0.15, 0.2) is 0 Å². The maximum absolute atomic E-state index is 13.9. The smallest absolute Gasteiger partial charge is 0.246 e. The Morgan fingerprint density at radius 1 is 1.30 bits per heavy atom. The summed E-state index contributed by atoms with van der Waals surface area (Å²) in [7, 11) is 0. The molecule has 2 aromatic rings. The van der Waals surface area contributed by atoms with E-state index < -0.39 is 0 Å². The van der Waals surface area contributed by atoms with Crippen molar-refractivity contribution in [3.63, 3.8) is 0 Å². The van der Waals surface area contributed by atoms with Gasteiger partial charge in [0.2, 0.25) is 5.91 Å². The molecule has 1 fully saturated rings. The van der Waals surface area contributed by atoms with Crippen molar-refractivity contribution in [3.05, 3.63) is 58.1 Å². The van der Waals surface area contributed by atoms with Gasteiger partial charge in [-0.05, 0) is 32.1 Å². The second-order valence-electron chi connectivity index (χ2n) is 6.64.